The zero-order valence-corrected chi connectivity index (χ0v) is 18.0. The van der Waals surface area contributed by atoms with E-state index in [9.17, 15) is 9.59 Å². The summed E-state index contributed by atoms with van der Waals surface area (Å²) in [4.78, 5) is 27.0. The summed E-state index contributed by atoms with van der Waals surface area (Å²) < 4.78 is 15.9. The number of benzene rings is 1. The van der Waals surface area contributed by atoms with Gasteiger partial charge in [-0.3, -0.25) is 4.79 Å². The minimum absolute atomic E-state index is 0.0238. The van der Waals surface area contributed by atoms with Crippen LogP contribution in [-0.4, -0.2) is 63.9 Å². The molecule has 0 saturated heterocycles. The maximum absolute atomic E-state index is 12.9. The molecule has 1 heterocycles. The number of methoxy groups -OCH3 is 3. The number of amides is 3. The minimum Gasteiger partial charge on any atom is -0.493 e. The number of nitrogens with zero attached hydrogens (tertiary/aromatic N) is 1. The molecule has 0 aliphatic carbocycles. The Bertz CT molecular complexity index is 710. The van der Waals surface area contributed by atoms with E-state index in [0.717, 1.165) is 17.5 Å². The lowest BCUT2D eigenvalue weighted by molar-refractivity contribution is -0.126. The second-order valence-electron chi connectivity index (χ2n) is 7.04. The summed E-state index contributed by atoms with van der Waals surface area (Å²) >= 11 is 0. The van der Waals surface area contributed by atoms with E-state index in [1.165, 1.54) is 7.11 Å². The van der Waals surface area contributed by atoms with Gasteiger partial charge in [0.05, 0.1) is 26.3 Å². The highest BCUT2D eigenvalue weighted by molar-refractivity contribution is 5.78. The Labute approximate surface area is 172 Å². The molecule has 162 valence electrons. The highest BCUT2D eigenvalue weighted by atomic mass is 16.5. The number of hydrogen-bond donors (Lipinski definition) is 2. The van der Waals surface area contributed by atoms with Crippen LogP contribution in [0.5, 0.6) is 11.5 Å². The topological polar surface area (TPSA) is 89.1 Å². The van der Waals surface area contributed by atoms with Gasteiger partial charge in [0, 0.05) is 20.2 Å². The number of urea groups is 1. The monoisotopic (exact) mass is 407 g/mol. The summed E-state index contributed by atoms with van der Waals surface area (Å²) in [6.07, 6.45) is 2.22. The van der Waals surface area contributed by atoms with Gasteiger partial charge < -0.3 is 29.7 Å². The smallest absolute Gasteiger partial charge is 0.317 e. The average molecular weight is 408 g/mol. The lowest BCUT2D eigenvalue weighted by Crippen LogP contribution is -2.53. The molecule has 8 nitrogen and oxygen atoms in total. The van der Waals surface area contributed by atoms with Gasteiger partial charge >= 0.3 is 6.03 Å². The predicted molar refractivity (Wildman–Crippen MR) is 110 cm³/mol. The van der Waals surface area contributed by atoms with Crippen LogP contribution >= 0.6 is 0 Å². The fraction of sp³-hybridized carbons (Fsp3) is 0.619. The van der Waals surface area contributed by atoms with E-state index in [1.54, 1.807) is 14.2 Å². The minimum atomic E-state index is -0.318. The van der Waals surface area contributed by atoms with E-state index >= 15 is 0 Å². The van der Waals surface area contributed by atoms with Crippen molar-refractivity contribution < 1.29 is 23.8 Å². The van der Waals surface area contributed by atoms with Crippen LogP contribution in [0.1, 0.15) is 43.9 Å². The maximum atomic E-state index is 12.9. The molecule has 1 aliphatic rings. The molecule has 2 N–H and O–H groups in total. The van der Waals surface area contributed by atoms with Gasteiger partial charge in [0.15, 0.2) is 11.5 Å². The van der Waals surface area contributed by atoms with E-state index in [0.29, 0.717) is 37.4 Å². The van der Waals surface area contributed by atoms with Crippen molar-refractivity contribution in [2.75, 3.05) is 41.0 Å². The van der Waals surface area contributed by atoms with Gasteiger partial charge in [0.2, 0.25) is 5.91 Å². The summed E-state index contributed by atoms with van der Waals surface area (Å²) in [5.74, 6) is 1.05. The van der Waals surface area contributed by atoms with Crippen molar-refractivity contribution in [2.45, 2.75) is 45.2 Å². The van der Waals surface area contributed by atoms with E-state index in [-0.39, 0.29) is 30.6 Å². The Morgan fingerprint density at radius 1 is 1.17 bits per heavy atom. The van der Waals surface area contributed by atoms with Crippen molar-refractivity contribution in [3.63, 3.8) is 0 Å². The third kappa shape index (κ3) is 5.32. The van der Waals surface area contributed by atoms with Crippen molar-refractivity contribution in [2.24, 2.45) is 0 Å². The lowest BCUT2D eigenvalue weighted by Gasteiger charge is -2.42. The number of carbonyl (C=O) groups is 2. The van der Waals surface area contributed by atoms with Crippen LogP contribution in [0.2, 0.25) is 0 Å². The number of ether oxygens (including phenoxy) is 3. The molecule has 0 saturated carbocycles. The Balaban J connectivity index is 2.47. The van der Waals surface area contributed by atoms with Crippen LogP contribution in [0.3, 0.4) is 0 Å². The first-order valence-corrected chi connectivity index (χ1v) is 10.1. The standard InChI is InChI=1S/C21H33N3O5/c1-6-9-22-21(26)24-10-8-14-11-17(28-4)18(29-5)12-15(14)20(24)16(7-2)23-19(25)13-27-3/h11-12,16,20H,6-10,13H2,1-5H3,(H,22,26)(H,23,25). The Hall–Kier alpha value is -2.48. The molecule has 0 fully saturated rings. The van der Waals surface area contributed by atoms with Gasteiger partial charge in [0.25, 0.3) is 0 Å². The van der Waals surface area contributed by atoms with Gasteiger partial charge in [-0.2, -0.15) is 0 Å². The largest absolute Gasteiger partial charge is 0.493 e. The second-order valence-corrected chi connectivity index (χ2v) is 7.04. The Morgan fingerprint density at radius 2 is 1.86 bits per heavy atom. The number of nitrogens with one attached hydrogen (secondary N) is 2. The van der Waals surface area contributed by atoms with E-state index < -0.39 is 0 Å². The second kappa shape index (κ2) is 10.9. The molecular weight excluding hydrogens is 374 g/mol. The van der Waals surface area contributed by atoms with Crippen molar-refractivity contribution >= 4 is 11.9 Å². The SMILES string of the molecule is CCCNC(=O)N1CCc2cc(OC)c(OC)cc2C1C(CC)NC(=O)COC. The predicted octanol–water partition coefficient (Wildman–Crippen LogP) is 2.26. The normalized spacial score (nSPS) is 16.6. The first-order chi connectivity index (χ1) is 14.0. The van der Waals surface area contributed by atoms with Crippen LogP contribution in [0.4, 0.5) is 4.79 Å². The number of carbonyl (C=O) groups excluding carboxylic acids is 2. The van der Waals surface area contributed by atoms with Crippen LogP contribution in [0.15, 0.2) is 12.1 Å². The molecule has 0 bridgehead atoms. The van der Waals surface area contributed by atoms with E-state index in [2.05, 4.69) is 10.6 Å². The van der Waals surface area contributed by atoms with Gasteiger partial charge in [-0.15, -0.1) is 0 Å². The first-order valence-electron chi connectivity index (χ1n) is 10.1. The van der Waals surface area contributed by atoms with Gasteiger partial charge in [-0.25, -0.2) is 4.79 Å². The van der Waals surface area contributed by atoms with E-state index in [4.69, 9.17) is 14.2 Å². The molecule has 1 aliphatic heterocycles. The molecule has 0 radical (unpaired) electrons. The molecule has 1 aromatic carbocycles. The molecule has 2 rings (SSSR count). The van der Waals surface area contributed by atoms with Crippen LogP contribution in [-0.2, 0) is 16.0 Å². The molecule has 8 heteroatoms. The highest BCUT2D eigenvalue weighted by Crippen LogP contribution is 2.40. The maximum Gasteiger partial charge on any atom is 0.317 e. The molecule has 0 aromatic heterocycles. The molecule has 29 heavy (non-hydrogen) atoms. The summed E-state index contributed by atoms with van der Waals surface area (Å²) in [6, 6.07) is 3.18. The van der Waals surface area contributed by atoms with Gasteiger partial charge in [0.1, 0.15) is 6.61 Å². The van der Waals surface area contributed by atoms with Crippen molar-refractivity contribution in [1.82, 2.24) is 15.5 Å². The van der Waals surface area contributed by atoms with Crippen LogP contribution < -0.4 is 20.1 Å². The molecule has 2 unspecified atom stereocenters. The van der Waals surface area contributed by atoms with Crippen molar-refractivity contribution in [3.05, 3.63) is 23.3 Å². The summed E-state index contributed by atoms with van der Waals surface area (Å²) in [6.45, 7) is 5.15. The zero-order valence-electron chi connectivity index (χ0n) is 18.0. The zero-order chi connectivity index (χ0) is 21.4. The van der Waals surface area contributed by atoms with Crippen LogP contribution in [0.25, 0.3) is 0 Å². The van der Waals surface area contributed by atoms with Crippen LogP contribution in [0, 0.1) is 0 Å². The Kier molecular flexibility index (Phi) is 8.57. The summed E-state index contributed by atoms with van der Waals surface area (Å²) in [5, 5.41) is 5.99. The fourth-order valence-electron chi connectivity index (χ4n) is 3.76. The molecule has 0 spiro atoms. The summed E-state index contributed by atoms with van der Waals surface area (Å²) in [5.41, 5.74) is 2.05. The number of fused-ring (bicyclic) bond motifs is 1. The van der Waals surface area contributed by atoms with Crippen molar-refractivity contribution in [3.8, 4) is 11.5 Å². The molecule has 2 atom stereocenters. The lowest BCUT2D eigenvalue weighted by atomic mass is 9.86. The summed E-state index contributed by atoms with van der Waals surface area (Å²) in [7, 11) is 4.68. The molecule has 3 amide bonds. The number of hydrogen-bond acceptors (Lipinski definition) is 5. The first kappa shape index (κ1) is 22.8. The third-order valence-corrected chi connectivity index (χ3v) is 5.15. The third-order valence-electron chi connectivity index (χ3n) is 5.15. The number of rotatable bonds is 9. The average Bonchev–Trinajstić information content (AvgIpc) is 2.74. The molecular formula is C21H33N3O5. The fourth-order valence-corrected chi connectivity index (χ4v) is 3.76. The van der Waals surface area contributed by atoms with E-state index in [1.807, 2.05) is 30.9 Å². The quantitative estimate of drug-likeness (QED) is 0.656. The Morgan fingerprint density at radius 3 is 2.45 bits per heavy atom. The highest BCUT2D eigenvalue weighted by Gasteiger charge is 2.37. The van der Waals surface area contributed by atoms with Crippen molar-refractivity contribution in [1.29, 1.82) is 0 Å². The van der Waals surface area contributed by atoms with Gasteiger partial charge in [-0.1, -0.05) is 13.8 Å². The molecule has 1 aromatic rings. The van der Waals surface area contributed by atoms with Gasteiger partial charge in [-0.05, 0) is 42.5 Å².